The Morgan fingerprint density at radius 3 is 2.46 bits per heavy atom. The summed E-state index contributed by atoms with van der Waals surface area (Å²) < 4.78 is 16.0. The maximum atomic E-state index is 13.6. The number of carbonyl (C=O) groups is 2. The number of methoxy groups -OCH3 is 2. The number of nitrogens with one attached hydrogen (secondary N) is 1. The summed E-state index contributed by atoms with van der Waals surface area (Å²) in [6, 6.07) is 12.5. The number of benzene rings is 2. The molecule has 0 unspecified atom stereocenters. The van der Waals surface area contributed by atoms with E-state index in [4.69, 9.17) is 19.9 Å². The molecule has 0 spiro atoms. The Morgan fingerprint density at radius 2 is 1.80 bits per heavy atom. The largest absolute Gasteiger partial charge is 0.493 e. The minimum atomic E-state index is -0.283. The lowest BCUT2D eigenvalue weighted by molar-refractivity contribution is 0.0564. The summed E-state index contributed by atoms with van der Waals surface area (Å²) in [7, 11) is 3.10. The minimum absolute atomic E-state index is 0.143. The van der Waals surface area contributed by atoms with Crippen molar-refractivity contribution in [2.75, 3.05) is 58.9 Å². The van der Waals surface area contributed by atoms with Crippen molar-refractivity contribution in [2.24, 2.45) is 11.1 Å². The smallest absolute Gasteiger partial charge is 0.321 e. The Labute approximate surface area is 207 Å². The first-order valence-electron chi connectivity index (χ1n) is 11.7. The Balaban J connectivity index is 1.81. The van der Waals surface area contributed by atoms with E-state index in [1.54, 1.807) is 35.1 Å². The number of nitrogens with zero attached hydrogens (tertiary/aromatic N) is 2. The van der Waals surface area contributed by atoms with Crippen molar-refractivity contribution < 1.29 is 23.8 Å². The van der Waals surface area contributed by atoms with Gasteiger partial charge >= 0.3 is 6.03 Å². The fourth-order valence-electron chi connectivity index (χ4n) is 3.87. The lowest BCUT2D eigenvalue weighted by atomic mass is 9.92. The number of carbonyl (C=O) groups excluding carboxylic acids is 2. The summed E-state index contributed by atoms with van der Waals surface area (Å²) in [4.78, 5) is 29.7. The van der Waals surface area contributed by atoms with Crippen molar-refractivity contribution in [3.05, 3.63) is 53.6 Å². The van der Waals surface area contributed by atoms with Gasteiger partial charge in [-0.3, -0.25) is 4.79 Å². The van der Waals surface area contributed by atoms with Crippen LogP contribution in [0, 0.1) is 5.41 Å². The van der Waals surface area contributed by atoms with Crippen LogP contribution in [0.2, 0.25) is 0 Å². The highest BCUT2D eigenvalue weighted by atomic mass is 16.5. The third-order valence-corrected chi connectivity index (χ3v) is 5.94. The average Bonchev–Trinajstić information content (AvgIpc) is 2.88. The molecule has 3 rings (SSSR count). The van der Waals surface area contributed by atoms with Crippen molar-refractivity contribution in [3.8, 4) is 11.5 Å². The van der Waals surface area contributed by atoms with Crippen molar-refractivity contribution in [1.29, 1.82) is 0 Å². The summed E-state index contributed by atoms with van der Waals surface area (Å²) in [5, 5.41) is 2.95. The van der Waals surface area contributed by atoms with Gasteiger partial charge in [0.1, 0.15) is 0 Å². The second kappa shape index (κ2) is 11.9. The number of anilines is 1. The van der Waals surface area contributed by atoms with Crippen LogP contribution in [0.25, 0.3) is 0 Å². The van der Waals surface area contributed by atoms with Crippen molar-refractivity contribution >= 4 is 17.6 Å². The maximum Gasteiger partial charge on any atom is 0.321 e. The second-order valence-electron chi connectivity index (χ2n) is 9.33. The molecule has 0 bridgehead atoms. The number of amides is 3. The average molecular weight is 485 g/mol. The lowest BCUT2D eigenvalue weighted by Gasteiger charge is -2.32. The zero-order valence-electron chi connectivity index (χ0n) is 21.0. The highest BCUT2D eigenvalue weighted by Crippen LogP contribution is 2.29. The Morgan fingerprint density at radius 1 is 1.09 bits per heavy atom. The van der Waals surface area contributed by atoms with E-state index in [-0.39, 0.29) is 17.4 Å². The van der Waals surface area contributed by atoms with Crippen LogP contribution in [0.5, 0.6) is 11.5 Å². The molecule has 1 heterocycles. The molecule has 2 aromatic rings. The predicted octanol–water partition coefficient (Wildman–Crippen LogP) is 3.20. The standard InChI is InChI=1S/C26H36N4O5/c1-26(2,17-27)18-30(24(31)20-8-9-22(33-3)23(15-20)34-4)16-19-6-5-7-21(14-19)28-25(32)29-10-12-35-13-11-29/h5-9,14-15H,10-13,16-18,27H2,1-4H3,(H,28,32). The molecule has 1 saturated heterocycles. The first-order valence-corrected chi connectivity index (χ1v) is 11.7. The maximum absolute atomic E-state index is 13.6. The Kier molecular flexibility index (Phi) is 8.95. The normalized spacial score (nSPS) is 13.8. The third kappa shape index (κ3) is 7.10. The van der Waals surface area contributed by atoms with Crippen molar-refractivity contribution in [1.82, 2.24) is 9.80 Å². The molecule has 190 valence electrons. The number of urea groups is 1. The van der Waals surface area contributed by atoms with E-state index in [1.165, 1.54) is 7.11 Å². The van der Waals surface area contributed by atoms with Gasteiger partial charge in [-0.05, 0) is 47.9 Å². The topological polar surface area (TPSA) is 106 Å². The van der Waals surface area contributed by atoms with Crippen molar-refractivity contribution in [3.63, 3.8) is 0 Å². The van der Waals surface area contributed by atoms with Gasteiger partial charge in [-0.2, -0.15) is 0 Å². The SMILES string of the molecule is COc1ccc(C(=O)N(Cc2cccc(NC(=O)N3CCOCC3)c2)CC(C)(C)CN)cc1OC. The molecule has 35 heavy (non-hydrogen) atoms. The molecule has 0 saturated carbocycles. The number of rotatable bonds is 9. The van der Waals surface area contributed by atoms with Crippen LogP contribution in [-0.2, 0) is 11.3 Å². The van der Waals surface area contributed by atoms with Gasteiger partial charge in [-0.15, -0.1) is 0 Å². The van der Waals surface area contributed by atoms with Crippen LogP contribution in [0.15, 0.2) is 42.5 Å². The zero-order chi connectivity index (χ0) is 25.4. The molecule has 9 nitrogen and oxygen atoms in total. The van der Waals surface area contributed by atoms with E-state index < -0.39 is 0 Å². The molecule has 0 atom stereocenters. The molecule has 0 aromatic heterocycles. The number of hydrogen-bond donors (Lipinski definition) is 2. The van der Waals surface area contributed by atoms with E-state index in [0.717, 1.165) is 5.56 Å². The van der Waals surface area contributed by atoms with E-state index in [1.807, 2.05) is 38.1 Å². The van der Waals surface area contributed by atoms with E-state index in [9.17, 15) is 9.59 Å². The molecule has 3 N–H and O–H groups in total. The minimum Gasteiger partial charge on any atom is -0.493 e. The first kappa shape index (κ1) is 26.3. The van der Waals surface area contributed by atoms with Crippen molar-refractivity contribution in [2.45, 2.75) is 20.4 Å². The van der Waals surface area contributed by atoms with Gasteiger partial charge in [-0.25, -0.2) is 4.79 Å². The lowest BCUT2D eigenvalue weighted by Crippen LogP contribution is -2.43. The molecular formula is C26H36N4O5. The zero-order valence-corrected chi connectivity index (χ0v) is 21.0. The van der Waals surface area contributed by atoms with Crippen LogP contribution >= 0.6 is 0 Å². The molecule has 1 aliphatic rings. The van der Waals surface area contributed by atoms with Crippen LogP contribution < -0.4 is 20.5 Å². The fourth-order valence-corrected chi connectivity index (χ4v) is 3.87. The number of hydrogen-bond acceptors (Lipinski definition) is 6. The van der Waals surface area contributed by atoms with E-state index in [0.29, 0.717) is 68.7 Å². The van der Waals surface area contributed by atoms with Gasteiger partial charge in [-0.1, -0.05) is 26.0 Å². The van der Waals surface area contributed by atoms with Gasteiger partial charge in [0.25, 0.3) is 5.91 Å². The molecule has 0 radical (unpaired) electrons. The molecule has 1 fully saturated rings. The van der Waals surface area contributed by atoms with Crippen LogP contribution in [-0.4, -0.2) is 75.4 Å². The summed E-state index contributed by atoms with van der Waals surface area (Å²) in [5.74, 6) is 0.904. The van der Waals surface area contributed by atoms with Gasteiger partial charge in [0.15, 0.2) is 11.5 Å². The number of nitrogens with two attached hydrogens (primary N) is 1. The van der Waals surface area contributed by atoms with Gasteiger partial charge in [0, 0.05) is 37.4 Å². The van der Waals surface area contributed by atoms with Crippen LogP contribution in [0.3, 0.4) is 0 Å². The summed E-state index contributed by atoms with van der Waals surface area (Å²) in [6.07, 6.45) is 0. The van der Waals surface area contributed by atoms with Gasteiger partial charge in [0.05, 0.1) is 27.4 Å². The van der Waals surface area contributed by atoms with Crippen LogP contribution in [0.1, 0.15) is 29.8 Å². The van der Waals surface area contributed by atoms with Crippen LogP contribution in [0.4, 0.5) is 10.5 Å². The molecular weight excluding hydrogens is 448 g/mol. The van der Waals surface area contributed by atoms with E-state index >= 15 is 0 Å². The van der Waals surface area contributed by atoms with Gasteiger partial charge in [0.2, 0.25) is 0 Å². The summed E-state index contributed by atoms with van der Waals surface area (Å²) >= 11 is 0. The molecule has 2 aromatic carbocycles. The highest BCUT2D eigenvalue weighted by Gasteiger charge is 2.26. The predicted molar refractivity (Wildman–Crippen MR) is 135 cm³/mol. The van der Waals surface area contributed by atoms with Gasteiger partial charge < -0.3 is 35.1 Å². The fraction of sp³-hybridized carbons (Fsp3) is 0.462. The first-order chi connectivity index (χ1) is 16.8. The molecule has 9 heteroatoms. The Bertz CT molecular complexity index is 1020. The number of morpholine rings is 1. The third-order valence-electron chi connectivity index (χ3n) is 5.94. The number of ether oxygens (including phenoxy) is 3. The molecule has 1 aliphatic heterocycles. The van der Waals surface area contributed by atoms with E-state index in [2.05, 4.69) is 5.32 Å². The Hall–Kier alpha value is -3.30. The monoisotopic (exact) mass is 484 g/mol. The summed E-state index contributed by atoms with van der Waals surface area (Å²) in [5.41, 5.74) is 7.77. The summed E-state index contributed by atoms with van der Waals surface area (Å²) in [6.45, 7) is 7.51. The quantitative estimate of drug-likeness (QED) is 0.566. The second-order valence-corrected chi connectivity index (χ2v) is 9.33. The highest BCUT2D eigenvalue weighted by molar-refractivity contribution is 5.95. The molecule has 0 aliphatic carbocycles. The molecule has 3 amide bonds.